The number of aromatic nitrogens is 2. The summed E-state index contributed by atoms with van der Waals surface area (Å²) >= 11 is 7.32. The minimum absolute atomic E-state index is 0.140. The molecule has 0 aliphatic carbocycles. The number of thiophene rings is 1. The summed E-state index contributed by atoms with van der Waals surface area (Å²) in [5.41, 5.74) is 0.527. The molecule has 3 rings (SSSR count). The van der Waals surface area contributed by atoms with Crippen LogP contribution in [0.2, 0.25) is 5.28 Å². The van der Waals surface area contributed by atoms with E-state index in [0.29, 0.717) is 17.2 Å². The maximum Gasteiger partial charge on any atom is 0.232 e. The fraction of sp³-hybridized carbons (Fsp3) is 0. The molecule has 2 aromatic heterocycles. The molecule has 0 radical (unpaired) electrons. The Morgan fingerprint density at radius 3 is 3.00 bits per heavy atom. The van der Waals surface area contributed by atoms with Gasteiger partial charge in [-0.2, -0.15) is 10.2 Å². The third-order valence-electron chi connectivity index (χ3n) is 2.44. The first-order valence-corrected chi connectivity index (χ1v) is 6.61. The summed E-state index contributed by atoms with van der Waals surface area (Å²) in [5.74, 6) is 0.938. The average Bonchev–Trinajstić information content (AvgIpc) is 2.87. The Bertz CT molecular complexity index is 794. The van der Waals surface area contributed by atoms with E-state index in [1.807, 2.05) is 11.4 Å². The van der Waals surface area contributed by atoms with E-state index in [2.05, 4.69) is 16.0 Å². The molecule has 0 N–H and O–H groups in total. The van der Waals surface area contributed by atoms with Gasteiger partial charge in [0.2, 0.25) is 11.2 Å². The zero-order valence-electron chi connectivity index (χ0n) is 9.50. The molecular formula is C13H6ClN3OS. The quantitative estimate of drug-likeness (QED) is 0.668. The Hall–Kier alpha value is -2.16. The topological polar surface area (TPSA) is 58.8 Å². The van der Waals surface area contributed by atoms with E-state index in [1.165, 1.54) is 11.3 Å². The van der Waals surface area contributed by atoms with Gasteiger partial charge in [0.1, 0.15) is 10.6 Å². The van der Waals surface area contributed by atoms with Crippen molar-refractivity contribution in [2.24, 2.45) is 0 Å². The number of nitriles is 1. The first-order valence-electron chi connectivity index (χ1n) is 5.35. The van der Waals surface area contributed by atoms with Crippen molar-refractivity contribution in [3.05, 3.63) is 46.6 Å². The Morgan fingerprint density at radius 1 is 1.26 bits per heavy atom. The van der Waals surface area contributed by atoms with Crippen molar-refractivity contribution in [1.82, 2.24) is 9.97 Å². The number of benzene rings is 1. The zero-order chi connectivity index (χ0) is 13.2. The molecule has 1 aromatic carbocycles. The molecule has 0 saturated heterocycles. The van der Waals surface area contributed by atoms with Crippen molar-refractivity contribution < 1.29 is 4.74 Å². The molecule has 0 amide bonds. The van der Waals surface area contributed by atoms with Crippen LogP contribution in [0.1, 0.15) is 5.56 Å². The Labute approximate surface area is 117 Å². The lowest BCUT2D eigenvalue weighted by atomic mass is 10.2. The number of rotatable bonds is 2. The van der Waals surface area contributed by atoms with Crippen LogP contribution in [-0.4, -0.2) is 9.97 Å². The van der Waals surface area contributed by atoms with Crippen molar-refractivity contribution >= 4 is 33.2 Å². The molecule has 19 heavy (non-hydrogen) atoms. The highest BCUT2D eigenvalue weighted by Gasteiger charge is 2.10. The van der Waals surface area contributed by atoms with Crippen molar-refractivity contribution in [3.63, 3.8) is 0 Å². The predicted octanol–water partition coefficient (Wildman–Crippen LogP) is 4.01. The molecule has 2 heterocycles. The van der Waals surface area contributed by atoms with Gasteiger partial charge in [0.05, 0.1) is 17.0 Å². The van der Waals surface area contributed by atoms with Gasteiger partial charge in [-0.15, -0.1) is 11.3 Å². The molecule has 0 fully saturated rings. The SMILES string of the molecule is N#Cc1cccc(Oc2nc(Cl)nc3sccc23)c1. The van der Waals surface area contributed by atoms with E-state index in [-0.39, 0.29) is 5.28 Å². The summed E-state index contributed by atoms with van der Waals surface area (Å²) < 4.78 is 5.69. The van der Waals surface area contributed by atoms with Gasteiger partial charge in [-0.1, -0.05) is 6.07 Å². The Kier molecular flexibility index (Phi) is 3.03. The highest BCUT2D eigenvalue weighted by atomic mass is 35.5. The van der Waals surface area contributed by atoms with E-state index in [1.54, 1.807) is 24.3 Å². The molecular weight excluding hydrogens is 282 g/mol. The summed E-state index contributed by atoms with van der Waals surface area (Å²) in [4.78, 5) is 8.96. The van der Waals surface area contributed by atoms with Crippen LogP contribution in [0, 0.1) is 11.3 Å². The number of ether oxygens (including phenoxy) is 1. The van der Waals surface area contributed by atoms with Gasteiger partial charge in [0.15, 0.2) is 0 Å². The van der Waals surface area contributed by atoms with E-state index in [9.17, 15) is 0 Å². The van der Waals surface area contributed by atoms with Gasteiger partial charge in [-0.25, -0.2) is 4.98 Å². The number of hydrogen-bond acceptors (Lipinski definition) is 5. The maximum absolute atomic E-state index is 8.86. The second-order valence-electron chi connectivity index (χ2n) is 3.68. The maximum atomic E-state index is 8.86. The van der Waals surface area contributed by atoms with Crippen LogP contribution in [0.4, 0.5) is 0 Å². The summed E-state index contributed by atoms with van der Waals surface area (Å²) in [6.45, 7) is 0. The summed E-state index contributed by atoms with van der Waals surface area (Å²) in [6, 6.07) is 10.8. The molecule has 0 saturated carbocycles. The zero-order valence-corrected chi connectivity index (χ0v) is 11.1. The minimum Gasteiger partial charge on any atom is -0.438 e. The number of hydrogen-bond donors (Lipinski definition) is 0. The lowest BCUT2D eigenvalue weighted by Crippen LogP contribution is -1.91. The highest BCUT2D eigenvalue weighted by molar-refractivity contribution is 7.16. The molecule has 0 aliphatic heterocycles. The molecule has 0 unspecified atom stereocenters. The van der Waals surface area contributed by atoms with Crippen molar-refractivity contribution in [3.8, 4) is 17.7 Å². The van der Waals surface area contributed by atoms with Crippen molar-refractivity contribution in [2.45, 2.75) is 0 Å². The summed E-state index contributed by atoms with van der Waals surface area (Å²) in [5, 5.41) is 11.7. The molecule has 6 heteroatoms. The van der Waals surface area contributed by atoms with Crippen LogP contribution in [0.15, 0.2) is 35.7 Å². The monoisotopic (exact) mass is 287 g/mol. The van der Waals surface area contributed by atoms with Crippen LogP contribution in [-0.2, 0) is 0 Å². The average molecular weight is 288 g/mol. The standard InChI is InChI=1S/C13H6ClN3OS/c14-13-16-11(10-4-5-19-12(10)17-13)18-9-3-1-2-8(6-9)7-15/h1-6H. The van der Waals surface area contributed by atoms with Crippen LogP contribution < -0.4 is 4.74 Å². The first-order chi connectivity index (χ1) is 9.26. The van der Waals surface area contributed by atoms with Gasteiger partial charge in [0.25, 0.3) is 0 Å². The molecule has 0 atom stereocenters. The van der Waals surface area contributed by atoms with Gasteiger partial charge >= 0.3 is 0 Å². The van der Waals surface area contributed by atoms with Crippen LogP contribution in [0.5, 0.6) is 11.6 Å². The van der Waals surface area contributed by atoms with Gasteiger partial charge in [-0.05, 0) is 41.2 Å². The van der Waals surface area contributed by atoms with Crippen molar-refractivity contribution in [2.75, 3.05) is 0 Å². The van der Waals surface area contributed by atoms with E-state index in [4.69, 9.17) is 21.6 Å². The molecule has 0 aliphatic rings. The number of nitrogens with zero attached hydrogens (tertiary/aromatic N) is 3. The molecule has 4 nitrogen and oxygen atoms in total. The number of fused-ring (bicyclic) bond motifs is 1. The number of halogens is 1. The highest BCUT2D eigenvalue weighted by Crippen LogP contribution is 2.31. The Balaban J connectivity index is 2.05. The second kappa shape index (κ2) is 4.84. The van der Waals surface area contributed by atoms with Gasteiger partial charge in [0, 0.05) is 0 Å². The first kappa shape index (κ1) is 11.9. The third-order valence-corrected chi connectivity index (χ3v) is 3.42. The third kappa shape index (κ3) is 2.36. The lowest BCUT2D eigenvalue weighted by molar-refractivity contribution is 0.468. The van der Waals surface area contributed by atoms with Gasteiger partial charge < -0.3 is 4.74 Å². The van der Waals surface area contributed by atoms with Crippen LogP contribution >= 0.6 is 22.9 Å². The molecule has 0 spiro atoms. The largest absolute Gasteiger partial charge is 0.438 e. The lowest BCUT2D eigenvalue weighted by Gasteiger charge is -2.06. The predicted molar refractivity (Wildman–Crippen MR) is 73.7 cm³/mol. The van der Waals surface area contributed by atoms with E-state index in [0.717, 1.165) is 10.2 Å². The van der Waals surface area contributed by atoms with E-state index >= 15 is 0 Å². The van der Waals surface area contributed by atoms with Crippen molar-refractivity contribution in [1.29, 1.82) is 5.26 Å². The fourth-order valence-electron chi connectivity index (χ4n) is 1.62. The minimum atomic E-state index is 0.140. The summed E-state index contributed by atoms with van der Waals surface area (Å²) in [7, 11) is 0. The normalized spacial score (nSPS) is 10.3. The van der Waals surface area contributed by atoms with E-state index < -0.39 is 0 Å². The fourth-order valence-corrected chi connectivity index (χ4v) is 2.59. The van der Waals surface area contributed by atoms with Gasteiger partial charge in [-0.3, -0.25) is 0 Å². The Morgan fingerprint density at radius 2 is 2.16 bits per heavy atom. The van der Waals surface area contributed by atoms with Crippen LogP contribution in [0.3, 0.4) is 0 Å². The molecule has 0 bridgehead atoms. The molecule has 3 aromatic rings. The van der Waals surface area contributed by atoms with Crippen LogP contribution in [0.25, 0.3) is 10.2 Å². The summed E-state index contributed by atoms with van der Waals surface area (Å²) in [6.07, 6.45) is 0. The second-order valence-corrected chi connectivity index (χ2v) is 4.91. The smallest absolute Gasteiger partial charge is 0.232 e. The molecule has 92 valence electrons.